The van der Waals surface area contributed by atoms with Crippen molar-refractivity contribution in [3.05, 3.63) is 11.5 Å². The predicted molar refractivity (Wildman–Crippen MR) is 57.7 cm³/mol. The molecule has 2 aromatic rings. The lowest BCUT2D eigenvalue weighted by atomic mass is 10.6. The Balaban J connectivity index is 2.47. The largest absolute Gasteiger partial charge is 0.341 e. The van der Waals surface area contributed by atoms with Crippen LogP contribution in [0.15, 0.2) is 11.5 Å². The van der Waals surface area contributed by atoms with Crippen molar-refractivity contribution in [1.29, 1.82) is 0 Å². The Labute approximate surface area is 90.5 Å². The average molecular weight is 229 g/mol. The summed E-state index contributed by atoms with van der Waals surface area (Å²) in [4.78, 5) is 15.4. The van der Waals surface area contributed by atoms with Gasteiger partial charge < -0.3 is 4.98 Å². The van der Waals surface area contributed by atoms with Gasteiger partial charge in [0.2, 0.25) is 0 Å². The maximum Gasteiger partial charge on any atom is 0.191 e. The molecule has 0 unspecified atom stereocenters. The Morgan fingerprint density at radius 1 is 1.43 bits per heavy atom. The third kappa shape index (κ3) is 1.83. The standard InChI is InChI=1S/C8H9ClN4S/c1-4(2)14-8-12-6(9)5-7(13-8)11-3-10-5/h3-4H,1-2H3,(H,10,11,12,13). The van der Waals surface area contributed by atoms with E-state index in [4.69, 9.17) is 11.6 Å². The highest BCUT2D eigenvalue weighted by Gasteiger charge is 2.09. The predicted octanol–water partition coefficient (Wildman–Crippen LogP) is 2.51. The van der Waals surface area contributed by atoms with Crippen LogP contribution in [0.25, 0.3) is 11.2 Å². The molecule has 0 aliphatic carbocycles. The molecule has 6 heteroatoms. The van der Waals surface area contributed by atoms with Gasteiger partial charge in [0.15, 0.2) is 16.0 Å². The number of hydrogen-bond acceptors (Lipinski definition) is 4. The Morgan fingerprint density at radius 3 is 2.93 bits per heavy atom. The van der Waals surface area contributed by atoms with Crippen molar-refractivity contribution in [3.8, 4) is 0 Å². The van der Waals surface area contributed by atoms with Crippen LogP contribution in [0, 0.1) is 0 Å². The van der Waals surface area contributed by atoms with Gasteiger partial charge in [0, 0.05) is 5.25 Å². The van der Waals surface area contributed by atoms with Crippen molar-refractivity contribution in [1.82, 2.24) is 19.9 Å². The molecule has 0 radical (unpaired) electrons. The summed E-state index contributed by atoms with van der Waals surface area (Å²) >= 11 is 7.52. The van der Waals surface area contributed by atoms with E-state index in [9.17, 15) is 0 Å². The third-order valence-corrected chi connectivity index (χ3v) is 2.70. The van der Waals surface area contributed by atoms with E-state index in [0.29, 0.717) is 26.7 Å². The number of fused-ring (bicyclic) bond motifs is 1. The fourth-order valence-electron chi connectivity index (χ4n) is 1.04. The Hall–Kier alpha value is -0.810. The van der Waals surface area contributed by atoms with E-state index in [-0.39, 0.29) is 0 Å². The number of aromatic amines is 1. The molecule has 0 aromatic carbocycles. The maximum atomic E-state index is 5.95. The lowest BCUT2D eigenvalue weighted by molar-refractivity contribution is 0.977. The molecule has 0 atom stereocenters. The first-order valence-electron chi connectivity index (χ1n) is 4.20. The molecule has 0 aliphatic heterocycles. The summed E-state index contributed by atoms with van der Waals surface area (Å²) in [7, 11) is 0. The maximum absolute atomic E-state index is 5.95. The number of imidazole rings is 1. The third-order valence-electron chi connectivity index (χ3n) is 1.56. The summed E-state index contributed by atoms with van der Waals surface area (Å²) in [5, 5.41) is 1.53. The van der Waals surface area contributed by atoms with E-state index in [1.807, 2.05) is 0 Å². The normalized spacial score (nSPS) is 11.4. The van der Waals surface area contributed by atoms with Gasteiger partial charge in [0.05, 0.1) is 6.33 Å². The molecule has 0 spiro atoms. The topological polar surface area (TPSA) is 54.5 Å². The number of nitrogens with zero attached hydrogens (tertiary/aromatic N) is 3. The summed E-state index contributed by atoms with van der Waals surface area (Å²) in [5.74, 6) is 0. The van der Waals surface area contributed by atoms with Crippen LogP contribution in [0.1, 0.15) is 13.8 Å². The number of rotatable bonds is 2. The highest BCUT2D eigenvalue weighted by Crippen LogP contribution is 2.24. The van der Waals surface area contributed by atoms with Gasteiger partial charge in [-0.15, -0.1) is 0 Å². The summed E-state index contributed by atoms with van der Waals surface area (Å²) < 4.78 is 0. The van der Waals surface area contributed by atoms with Crippen molar-refractivity contribution >= 4 is 34.5 Å². The minimum atomic E-state index is 0.427. The van der Waals surface area contributed by atoms with Gasteiger partial charge >= 0.3 is 0 Å². The first-order valence-corrected chi connectivity index (χ1v) is 5.46. The van der Waals surface area contributed by atoms with E-state index >= 15 is 0 Å². The van der Waals surface area contributed by atoms with Crippen LogP contribution < -0.4 is 0 Å². The Kier molecular flexibility index (Phi) is 2.60. The number of H-pyrrole nitrogens is 1. The molecule has 0 saturated carbocycles. The van der Waals surface area contributed by atoms with Gasteiger partial charge in [-0.1, -0.05) is 37.2 Å². The minimum absolute atomic E-state index is 0.427. The van der Waals surface area contributed by atoms with E-state index in [2.05, 4.69) is 33.8 Å². The van der Waals surface area contributed by atoms with Crippen LogP contribution in [-0.4, -0.2) is 25.2 Å². The van der Waals surface area contributed by atoms with Crippen LogP contribution in [0.3, 0.4) is 0 Å². The van der Waals surface area contributed by atoms with Crippen LogP contribution in [0.2, 0.25) is 5.15 Å². The molecule has 2 rings (SSSR count). The molecule has 0 amide bonds. The van der Waals surface area contributed by atoms with E-state index < -0.39 is 0 Å². The number of hydrogen-bond donors (Lipinski definition) is 1. The number of nitrogens with one attached hydrogen (secondary N) is 1. The lowest BCUT2D eigenvalue weighted by Gasteiger charge is -2.02. The molecular formula is C8H9ClN4S. The van der Waals surface area contributed by atoms with Gasteiger partial charge in [-0.3, -0.25) is 0 Å². The first kappa shape index (κ1) is 9.73. The number of thioether (sulfide) groups is 1. The SMILES string of the molecule is CC(C)Sc1nc(Cl)c2[nH]cnc2n1. The average Bonchev–Trinajstić information content (AvgIpc) is 2.50. The molecule has 0 bridgehead atoms. The van der Waals surface area contributed by atoms with Gasteiger partial charge in [-0.05, 0) is 0 Å². The minimum Gasteiger partial charge on any atom is -0.341 e. The van der Waals surface area contributed by atoms with Gasteiger partial charge in [0.25, 0.3) is 0 Å². The summed E-state index contributed by atoms with van der Waals surface area (Å²) in [5.41, 5.74) is 1.31. The zero-order valence-corrected chi connectivity index (χ0v) is 9.35. The highest BCUT2D eigenvalue weighted by atomic mass is 35.5. The second kappa shape index (κ2) is 3.74. The Bertz CT molecular complexity index is 454. The van der Waals surface area contributed by atoms with Crippen LogP contribution >= 0.6 is 23.4 Å². The quantitative estimate of drug-likeness (QED) is 0.488. The van der Waals surface area contributed by atoms with Crippen molar-refractivity contribution in [2.45, 2.75) is 24.3 Å². The zero-order chi connectivity index (χ0) is 10.1. The lowest BCUT2D eigenvalue weighted by Crippen LogP contribution is -1.93. The molecule has 0 aliphatic rings. The molecule has 1 N–H and O–H groups in total. The molecule has 2 aromatic heterocycles. The second-order valence-corrected chi connectivity index (χ2v) is 4.97. The van der Waals surface area contributed by atoms with Crippen molar-refractivity contribution in [3.63, 3.8) is 0 Å². The van der Waals surface area contributed by atoms with E-state index in [0.717, 1.165) is 0 Å². The smallest absolute Gasteiger partial charge is 0.191 e. The fraction of sp³-hybridized carbons (Fsp3) is 0.375. The molecule has 4 nitrogen and oxygen atoms in total. The number of aromatic nitrogens is 4. The molecule has 74 valence electrons. The highest BCUT2D eigenvalue weighted by molar-refractivity contribution is 7.99. The molecule has 14 heavy (non-hydrogen) atoms. The van der Waals surface area contributed by atoms with E-state index in [1.54, 1.807) is 18.1 Å². The summed E-state index contributed by atoms with van der Waals surface area (Å²) in [6, 6.07) is 0. The van der Waals surface area contributed by atoms with E-state index in [1.165, 1.54) is 0 Å². The second-order valence-electron chi connectivity index (χ2n) is 3.06. The van der Waals surface area contributed by atoms with Crippen molar-refractivity contribution < 1.29 is 0 Å². The Morgan fingerprint density at radius 2 is 2.21 bits per heavy atom. The fourth-order valence-corrected chi connectivity index (χ4v) is 2.02. The molecule has 2 heterocycles. The summed E-state index contributed by atoms with van der Waals surface area (Å²) in [6.45, 7) is 4.16. The monoisotopic (exact) mass is 228 g/mol. The molecule has 0 fully saturated rings. The van der Waals surface area contributed by atoms with Crippen LogP contribution in [-0.2, 0) is 0 Å². The van der Waals surface area contributed by atoms with Crippen LogP contribution in [0.4, 0.5) is 0 Å². The number of halogens is 1. The molecule has 0 saturated heterocycles. The summed E-state index contributed by atoms with van der Waals surface area (Å²) in [6.07, 6.45) is 1.56. The van der Waals surface area contributed by atoms with Crippen molar-refractivity contribution in [2.75, 3.05) is 0 Å². The van der Waals surface area contributed by atoms with Crippen LogP contribution in [0.5, 0.6) is 0 Å². The van der Waals surface area contributed by atoms with Gasteiger partial charge in [-0.25, -0.2) is 15.0 Å². The molecular weight excluding hydrogens is 220 g/mol. The zero-order valence-electron chi connectivity index (χ0n) is 7.78. The first-order chi connectivity index (χ1) is 6.66. The van der Waals surface area contributed by atoms with Crippen molar-refractivity contribution in [2.24, 2.45) is 0 Å². The van der Waals surface area contributed by atoms with Gasteiger partial charge in [-0.2, -0.15) is 0 Å². The van der Waals surface area contributed by atoms with Gasteiger partial charge in [0.1, 0.15) is 5.52 Å².